The number of nitrogens with zero attached hydrogens (tertiary/aromatic N) is 1. The van der Waals surface area contributed by atoms with Crippen molar-refractivity contribution in [1.82, 2.24) is 4.90 Å². The van der Waals surface area contributed by atoms with Crippen LogP contribution in [0, 0.1) is 12.8 Å². The van der Waals surface area contributed by atoms with Crippen LogP contribution in [0.2, 0.25) is 0 Å². The highest BCUT2D eigenvalue weighted by atomic mass is 16.5. The van der Waals surface area contributed by atoms with Gasteiger partial charge in [0.1, 0.15) is 17.2 Å². The van der Waals surface area contributed by atoms with Crippen molar-refractivity contribution in [2.75, 3.05) is 39.7 Å². The van der Waals surface area contributed by atoms with Crippen LogP contribution in [0.3, 0.4) is 0 Å². The smallest absolute Gasteiger partial charge is 0.254 e. The molecule has 2 amide bonds. The van der Waals surface area contributed by atoms with E-state index in [-0.39, 0.29) is 17.7 Å². The first-order chi connectivity index (χ1) is 14.5. The van der Waals surface area contributed by atoms with E-state index in [0.717, 1.165) is 5.56 Å². The molecule has 0 unspecified atom stereocenters. The van der Waals surface area contributed by atoms with Gasteiger partial charge in [0, 0.05) is 30.1 Å². The fourth-order valence-corrected chi connectivity index (χ4v) is 3.72. The van der Waals surface area contributed by atoms with E-state index in [0.29, 0.717) is 54.4 Å². The fourth-order valence-electron chi connectivity index (χ4n) is 3.72. The molecule has 1 N–H and O–H groups in total. The van der Waals surface area contributed by atoms with Crippen LogP contribution in [0.5, 0.6) is 17.2 Å². The second-order valence-electron chi connectivity index (χ2n) is 7.26. The summed E-state index contributed by atoms with van der Waals surface area (Å²) in [4.78, 5) is 27.5. The second kappa shape index (κ2) is 9.52. The van der Waals surface area contributed by atoms with Gasteiger partial charge in [-0.3, -0.25) is 9.59 Å². The summed E-state index contributed by atoms with van der Waals surface area (Å²) in [6.07, 6.45) is 1.21. The Morgan fingerprint density at radius 1 is 0.933 bits per heavy atom. The summed E-state index contributed by atoms with van der Waals surface area (Å²) in [6, 6.07) is 10.8. The van der Waals surface area contributed by atoms with Crippen molar-refractivity contribution in [3.8, 4) is 17.2 Å². The zero-order valence-corrected chi connectivity index (χ0v) is 17.9. The van der Waals surface area contributed by atoms with Gasteiger partial charge in [-0.25, -0.2) is 0 Å². The number of anilines is 1. The van der Waals surface area contributed by atoms with Crippen molar-refractivity contribution in [2.24, 2.45) is 5.92 Å². The Hall–Kier alpha value is -3.22. The number of piperidine rings is 1. The molecule has 0 radical (unpaired) electrons. The number of likely N-dealkylation sites (tertiary alicyclic amines) is 1. The topological polar surface area (TPSA) is 77.1 Å². The van der Waals surface area contributed by atoms with E-state index in [1.54, 1.807) is 44.4 Å². The first-order valence-corrected chi connectivity index (χ1v) is 9.94. The Morgan fingerprint density at radius 2 is 1.50 bits per heavy atom. The van der Waals surface area contributed by atoms with Crippen molar-refractivity contribution in [3.05, 3.63) is 47.5 Å². The predicted molar refractivity (Wildman–Crippen MR) is 115 cm³/mol. The Kier molecular flexibility index (Phi) is 6.82. The van der Waals surface area contributed by atoms with Crippen LogP contribution in [-0.4, -0.2) is 51.1 Å². The molecule has 1 saturated heterocycles. The van der Waals surface area contributed by atoms with E-state index in [9.17, 15) is 9.59 Å². The number of methoxy groups -OCH3 is 3. The Morgan fingerprint density at radius 3 is 2.07 bits per heavy atom. The number of rotatable bonds is 6. The third-order valence-corrected chi connectivity index (χ3v) is 5.52. The molecule has 0 bridgehead atoms. The van der Waals surface area contributed by atoms with Crippen LogP contribution in [0.25, 0.3) is 0 Å². The highest BCUT2D eigenvalue weighted by Gasteiger charge is 2.29. The lowest BCUT2D eigenvalue weighted by molar-refractivity contribution is -0.121. The summed E-state index contributed by atoms with van der Waals surface area (Å²) in [5.74, 6) is 1.56. The van der Waals surface area contributed by atoms with Crippen molar-refractivity contribution < 1.29 is 23.8 Å². The Balaban J connectivity index is 1.64. The summed E-state index contributed by atoms with van der Waals surface area (Å²) >= 11 is 0. The molecule has 7 nitrogen and oxygen atoms in total. The summed E-state index contributed by atoms with van der Waals surface area (Å²) in [5.41, 5.74) is 2.02. The van der Waals surface area contributed by atoms with E-state index in [4.69, 9.17) is 14.2 Å². The summed E-state index contributed by atoms with van der Waals surface area (Å²) in [5, 5.41) is 2.94. The van der Waals surface area contributed by atoms with E-state index >= 15 is 0 Å². The number of hydrogen-bond donors (Lipinski definition) is 1. The molecule has 0 aliphatic carbocycles. The Labute approximate surface area is 176 Å². The lowest BCUT2D eigenvalue weighted by Crippen LogP contribution is -2.41. The second-order valence-corrected chi connectivity index (χ2v) is 7.26. The van der Waals surface area contributed by atoms with Gasteiger partial charge in [-0.2, -0.15) is 0 Å². The number of nitrogens with one attached hydrogen (secondary N) is 1. The predicted octanol–water partition coefficient (Wildman–Crippen LogP) is 3.51. The molecular formula is C23H28N2O5. The largest absolute Gasteiger partial charge is 0.496 e. The quantitative estimate of drug-likeness (QED) is 0.786. The molecule has 0 saturated carbocycles. The van der Waals surface area contributed by atoms with E-state index in [1.807, 2.05) is 25.1 Å². The number of carbonyl (C=O) groups excluding carboxylic acids is 2. The number of para-hydroxylation sites is 2. The number of amides is 2. The third kappa shape index (κ3) is 4.50. The van der Waals surface area contributed by atoms with Crippen LogP contribution in [-0.2, 0) is 4.79 Å². The van der Waals surface area contributed by atoms with Crippen LogP contribution >= 0.6 is 0 Å². The fraction of sp³-hybridized carbons (Fsp3) is 0.391. The summed E-state index contributed by atoms with van der Waals surface area (Å²) in [7, 11) is 4.72. The molecule has 1 fully saturated rings. The van der Waals surface area contributed by atoms with Gasteiger partial charge in [0.05, 0.1) is 27.0 Å². The van der Waals surface area contributed by atoms with Gasteiger partial charge in [0.2, 0.25) is 5.91 Å². The third-order valence-electron chi connectivity index (χ3n) is 5.52. The minimum Gasteiger partial charge on any atom is -0.496 e. The molecular weight excluding hydrogens is 384 g/mol. The van der Waals surface area contributed by atoms with Crippen LogP contribution in [0.15, 0.2) is 36.4 Å². The standard InChI is InChI=1S/C23H28N2O5/c1-15-20(29-3)13-17(14-21(15)30-4)23(27)25-11-9-16(10-12-25)22(26)24-18-7-5-6-8-19(18)28-2/h5-8,13-14,16H,9-12H2,1-4H3,(H,24,26). The number of carbonyl (C=O) groups is 2. The monoisotopic (exact) mass is 412 g/mol. The SMILES string of the molecule is COc1ccccc1NC(=O)C1CCN(C(=O)c2cc(OC)c(C)c(OC)c2)CC1. The molecule has 0 spiro atoms. The number of hydrogen-bond acceptors (Lipinski definition) is 5. The molecule has 2 aromatic carbocycles. The van der Waals surface area contributed by atoms with Crippen molar-refractivity contribution in [1.29, 1.82) is 0 Å². The molecule has 0 atom stereocenters. The summed E-state index contributed by atoms with van der Waals surface area (Å²) in [6.45, 7) is 2.92. The highest BCUT2D eigenvalue weighted by molar-refractivity contribution is 5.96. The molecule has 30 heavy (non-hydrogen) atoms. The number of ether oxygens (including phenoxy) is 3. The molecule has 160 valence electrons. The number of benzene rings is 2. The maximum atomic E-state index is 13.0. The minimum absolute atomic E-state index is 0.0507. The van der Waals surface area contributed by atoms with E-state index in [2.05, 4.69) is 5.32 Å². The highest BCUT2D eigenvalue weighted by Crippen LogP contribution is 2.31. The van der Waals surface area contributed by atoms with Crippen molar-refractivity contribution in [3.63, 3.8) is 0 Å². The molecule has 0 aromatic heterocycles. The average molecular weight is 412 g/mol. The first-order valence-electron chi connectivity index (χ1n) is 9.94. The van der Waals surface area contributed by atoms with Crippen molar-refractivity contribution >= 4 is 17.5 Å². The van der Waals surface area contributed by atoms with E-state index < -0.39 is 0 Å². The molecule has 2 aromatic rings. The van der Waals surface area contributed by atoms with Gasteiger partial charge in [0.15, 0.2) is 0 Å². The first kappa shape index (κ1) is 21.5. The minimum atomic E-state index is -0.152. The molecule has 1 aliphatic heterocycles. The molecule has 3 rings (SSSR count). The zero-order chi connectivity index (χ0) is 21.7. The van der Waals surface area contributed by atoms with Gasteiger partial charge in [0.25, 0.3) is 5.91 Å². The maximum absolute atomic E-state index is 13.0. The van der Waals surface area contributed by atoms with Gasteiger partial charge in [-0.15, -0.1) is 0 Å². The molecule has 1 heterocycles. The van der Waals surface area contributed by atoms with Gasteiger partial charge < -0.3 is 24.4 Å². The summed E-state index contributed by atoms with van der Waals surface area (Å²) < 4.78 is 16.0. The molecule has 7 heteroatoms. The average Bonchev–Trinajstić information content (AvgIpc) is 2.79. The van der Waals surface area contributed by atoms with Crippen LogP contribution in [0.1, 0.15) is 28.8 Å². The van der Waals surface area contributed by atoms with E-state index in [1.165, 1.54) is 0 Å². The lowest BCUT2D eigenvalue weighted by atomic mass is 9.95. The lowest BCUT2D eigenvalue weighted by Gasteiger charge is -2.31. The maximum Gasteiger partial charge on any atom is 0.254 e. The Bertz CT molecular complexity index is 895. The molecule has 1 aliphatic rings. The normalized spacial score (nSPS) is 14.2. The van der Waals surface area contributed by atoms with Gasteiger partial charge in [-0.05, 0) is 44.0 Å². The van der Waals surface area contributed by atoms with Crippen LogP contribution < -0.4 is 19.5 Å². The van der Waals surface area contributed by atoms with Gasteiger partial charge >= 0.3 is 0 Å². The van der Waals surface area contributed by atoms with Gasteiger partial charge in [-0.1, -0.05) is 12.1 Å². The zero-order valence-electron chi connectivity index (χ0n) is 17.9. The van der Waals surface area contributed by atoms with Crippen LogP contribution in [0.4, 0.5) is 5.69 Å². The van der Waals surface area contributed by atoms with Crippen molar-refractivity contribution in [2.45, 2.75) is 19.8 Å².